The highest BCUT2D eigenvalue weighted by Gasteiger charge is 2.30. The van der Waals surface area contributed by atoms with Crippen LogP contribution in [0.4, 0.5) is 0 Å². The summed E-state index contributed by atoms with van der Waals surface area (Å²) >= 11 is 1.66. The summed E-state index contributed by atoms with van der Waals surface area (Å²) in [5, 5.41) is 7.20. The van der Waals surface area contributed by atoms with Crippen LogP contribution in [-0.2, 0) is 17.6 Å². The number of hydrogen-bond donors (Lipinski definition) is 1. The average molecular weight is 346 g/mol. The number of morpholine rings is 1. The highest BCUT2D eigenvalue weighted by atomic mass is 32.1. The van der Waals surface area contributed by atoms with Crippen molar-refractivity contribution in [3.05, 3.63) is 33.0 Å². The lowest BCUT2D eigenvalue weighted by molar-refractivity contribution is -0.0265. The lowest BCUT2D eigenvalue weighted by atomic mass is 10.2. The van der Waals surface area contributed by atoms with Gasteiger partial charge in [0.25, 0.3) is 5.91 Å². The zero-order chi connectivity index (χ0) is 16.7. The number of H-pyrrole nitrogens is 1. The summed E-state index contributed by atoms with van der Waals surface area (Å²) in [5.74, 6) is 1.88. The predicted molar refractivity (Wildman–Crippen MR) is 91.4 cm³/mol. The molecule has 1 aliphatic carbocycles. The third-order valence-electron chi connectivity index (χ3n) is 4.65. The number of aromatic amines is 1. The van der Waals surface area contributed by atoms with E-state index in [1.165, 1.54) is 16.9 Å². The molecule has 0 saturated carbocycles. The van der Waals surface area contributed by atoms with E-state index in [0.717, 1.165) is 23.5 Å². The predicted octanol–water partition coefficient (Wildman–Crippen LogP) is 2.69. The van der Waals surface area contributed by atoms with E-state index in [-0.39, 0.29) is 17.9 Å². The molecule has 1 fully saturated rings. The molecule has 24 heavy (non-hydrogen) atoms. The standard InChI is InChI=1S/C17H22N4O2S/c1-10(2)15-18-16(20-19-15)12-9-21(6-7-23-12)17(22)14-8-11-4-3-5-13(11)24-14/h8,10,12H,3-7,9H2,1-2H3,(H,18,19,20). The fourth-order valence-electron chi connectivity index (χ4n) is 3.28. The van der Waals surface area contributed by atoms with Crippen molar-refractivity contribution >= 4 is 17.2 Å². The summed E-state index contributed by atoms with van der Waals surface area (Å²) in [6.07, 6.45) is 3.23. The highest BCUT2D eigenvalue weighted by Crippen LogP contribution is 2.32. The van der Waals surface area contributed by atoms with E-state index in [1.807, 2.05) is 4.90 Å². The fraction of sp³-hybridized carbons (Fsp3) is 0.588. The minimum Gasteiger partial charge on any atom is -0.367 e. The molecule has 1 aliphatic heterocycles. The van der Waals surface area contributed by atoms with E-state index in [1.54, 1.807) is 11.3 Å². The van der Waals surface area contributed by atoms with Crippen molar-refractivity contribution in [3.63, 3.8) is 0 Å². The van der Waals surface area contributed by atoms with Gasteiger partial charge in [-0.2, -0.15) is 5.10 Å². The third kappa shape index (κ3) is 2.86. The Balaban J connectivity index is 1.48. The van der Waals surface area contributed by atoms with Crippen LogP contribution in [0.1, 0.15) is 64.1 Å². The number of ether oxygens (including phenoxy) is 1. The van der Waals surface area contributed by atoms with Crippen LogP contribution < -0.4 is 0 Å². The van der Waals surface area contributed by atoms with E-state index in [4.69, 9.17) is 4.74 Å². The Morgan fingerprint density at radius 3 is 3.08 bits per heavy atom. The van der Waals surface area contributed by atoms with Gasteiger partial charge in [0.15, 0.2) is 11.6 Å². The maximum absolute atomic E-state index is 12.8. The molecule has 1 unspecified atom stereocenters. The van der Waals surface area contributed by atoms with E-state index in [9.17, 15) is 4.79 Å². The van der Waals surface area contributed by atoms with Crippen LogP contribution in [0.2, 0.25) is 0 Å². The fourth-order valence-corrected chi connectivity index (χ4v) is 4.50. The quantitative estimate of drug-likeness (QED) is 0.927. The molecular formula is C17H22N4O2S. The summed E-state index contributed by atoms with van der Waals surface area (Å²) < 4.78 is 5.81. The molecule has 0 bridgehead atoms. The summed E-state index contributed by atoms with van der Waals surface area (Å²) in [6, 6.07) is 2.09. The SMILES string of the molecule is CC(C)c1n[nH]c(C2CN(C(=O)c3cc4c(s3)CCC4)CCO2)n1. The molecule has 1 amide bonds. The second-order valence-corrected chi connectivity index (χ2v) is 7.89. The summed E-state index contributed by atoms with van der Waals surface area (Å²) in [7, 11) is 0. The number of hydrogen-bond acceptors (Lipinski definition) is 5. The lowest BCUT2D eigenvalue weighted by Crippen LogP contribution is -2.42. The Bertz CT molecular complexity index is 730. The molecular weight excluding hydrogens is 324 g/mol. The molecule has 2 aromatic heterocycles. The monoisotopic (exact) mass is 346 g/mol. The van der Waals surface area contributed by atoms with Crippen molar-refractivity contribution in [2.75, 3.05) is 19.7 Å². The Morgan fingerprint density at radius 2 is 2.33 bits per heavy atom. The zero-order valence-electron chi connectivity index (χ0n) is 14.0. The first-order valence-electron chi connectivity index (χ1n) is 8.56. The number of nitrogens with zero attached hydrogens (tertiary/aromatic N) is 3. The number of nitrogens with one attached hydrogen (secondary N) is 1. The van der Waals surface area contributed by atoms with Crippen LogP contribution in [0.5, 0.6) is 0 Å². The van der Waals surface area contributed by atoms with Gasteiger partial charge in [0.2, 0.25) is 0 Å². The number of amides is 1. The number of aromatic nitrogens is 3. The van der Waals surface area contributed by atoms with Gasteiger partial charge in [-0.05, 0) is 30.9 Å². The van der Waals surface area contributed by atoms with Crippen LogP contribution in [-0.4, -0.2) is 45.7 Å². The number of rotatable bonds is 3. The molecule has 0 radical (unpaired) electrons. The Morgan fingerprint density at radius 1 is 1.46 bits per heavy atom. The molecule has 0 spiro atoms. The normalized spacial score (nSPS) is 20.6. The van der Waals surface area contributed by atoms with E-state index < -0.39 is 0 Å². The van der Waals surface area contributed by atoms with Gasteiger partial charge in [-0.15, -0.1) is 11.3 Å². The van der Waals surface area contributed by atoms with Crippen LogP contribution in [0.3, 0.4) is 0 Å². The Labute approximate surface area is 145 Å². The second-order valence-electron chi connectivity index (χ2n) is 6.76. The number of aryl methyl sites for hydroxylation is 2. The van der Waals surface area contributed by atoms with Crippen molar-refractivity contribution in [2.45, 2.75) is 45.1 Å². The smallest absolute Gasteiger partial charge is 0.264 e. The largest absolute Gasteiger partial charge is 0.367 e. The Kier molecular flexibility index (Phi) is 4.14. The first-order valence-corrected chi connectivity index (χ1v) is 9.38. The van der Waals surface area contributed by atoms with Crippen LogP contribution >= 0.6 is 11.3 Å². The Hall–Kier alpha value is -1.73. The topological polar surface area (TPSA) is 71.1 Å². The number of carbonyl (C=O) groups is 1. The molecule has 1 N–H and O–H groups in total. The summed E-state index contributed by atoms with van der Waals surface area (Å²) in [6.45, 7) is 5.79. The van der Waals surface area contributed by atoms with E-state index in [0.29, 0.717) is 25.5 Å². The van der Waals surface area contributed by atoms with Gasteiger partial charge in [0.05, 0.1) is 18.0 Å². The summed E-state index contributed by atoms with van der Waals surface area (Å²) in [5.41, 5.74) is 1.37. The summed E-state index contributed by atoms with van der Waals surface area (Å²) in [4.78, 5) is 21.5. The van der Waals surface area contributed by atoms with Gasteiger partial charge in [-0.25, -0.2) is 4.98 Å². The molecule has 6 nitrogen and oxygen atoms in total. The molecule has 3 heterocycles. The lowest BCUT2D eigenvalue weighted by Gasteiger charge is -2.31. The minimum atomic E-state index is -0.227. The van der Waals surface area contributed by atoms with Crippen LogP contribution in [0.25, 0.3) is 0 Å². The average Bonchev–Trinajstić information content (AvgIpc) is 3.29. The van der Waals surface area contributed by atoms with Crippen LogP contribution in [0.15, 0.2) is 6.07 Å². The van der Waals surface area contributed by atoms with Gasteiger partial charge in [-0.3, -0.25) is 9.89 Å². The van der Waals surface area contributed by atoms with Crippen molar-refractivity contribution in [3.8, 4) is 0 Å². The number of thiophene rings is 1. The first kappa shape index (κ1) is 15.8. The van der Waals surface area contributed by atoms with Gasteiger partial charge in [0.1, 0.15) is 6.10 Å². The van der Waals surface area contributed by atoms with Crippen LogP contribution in [0, 0.1) is 0 Å². The van der Waals surface area contributed by atoms with Gasteiger partial charge >= 0.3 is 0 Å². The van der Waals surface area contributed by atoms with Gasteiger partial charge < -0.3 is 9.64 Å². The molecule has 128 valence electrons. The zero-order valence-corrected chi connectivity index (χ0v) is 14.9. The van der Waals surface area contributed by atoms with Gasteiger partial charge in [0, 0.05) is 17.3 Å². The first-order chi connectivity index (χ1) is 11.6. The van der Waals surface area contributed by atoms with E-state index >= 15 is 0 Å². The molecule has 2 aromatic rings. The number of carbonyl (C=O) groups excluding carboxylic acids is 1. The van der Waals surface area contributed by atoms with Gasteiger partial charge in [-0.1, -0.05) is 13.8 Å². The number of fused-ring (bicyclic) bond motifs is 1. The molecule has 2 aliphatic rings. The van der Waals surface area contributed by atoms with E-state index in [2.05, 4.69) is 35.1 Å². The minimum absolute atomic E-state index is 0.117. The maximum atomic E-state index is 12.8. The third-order valence-corrected chi connectivity index (χ3v) is 5.88. The molecule has 1 saturated heterocycles. The van der Waals surface area contributed by atoms with Crippen molar-refractivity contribution in [1.82, 2.24) is 20.1 Å². The highest BCUT2D eigenvalue weighted by molar-refractivity contribution is 7.14. The molecule has 1 atom stereocenters. The van der Waals surface area contributed by atoms with Crippen molar-refractivity contribution in [2.24, 2.45) is 0 Å². The van der Waals surface area contributed by atoms with Crippen molar-refractivity contribution in [1.29, 1.82) is 0 Å². The maximum Gasteiger partial charge on any atom is 0.264 e. The molecule has 4 rings (SSSR count). The van der Waals surface area contributed by atoms with Crippen molar-refractivity contribution < 1.29 is 9.53 Å². The molecule has 7 heteroatoms. The molecule has 0 aromatic carbocycles. The second kappa shape index (κ2) is 6.29.